The Labute approximate surface area is 138 Å². The number of benzene rings is 1. The molecule has 3 rings (SSSR count). The molecule has 0 fully saturated rings. The lowest BCUT2D eigenvalue weighted by Gasteiger charge is -2.07. The van der Waals surface area contributed by atoms with Crippen molar-refractivity contribution in [3.63, 3.8) is 0 Å². The number of rotatable bonds is 4. The molecular formula is C18H17N3O3. The summed E-state index contributed by atoms with van der Waals surface area (Å²) in [6.45, 7) is 4.82. The lowest BCUT2D eigenvalue weighted by atomic mass is 10.1. The number of ketones is 2. The molecule has 0 saturated carbocycles. The highest BCUT2D eigenvalue weighted by atomic mass is 16.2. The summed E-state index contributed by atoms with van der Waals surface area (Å²) in [7, 11) is 0. The van der Waals surface area contributed by atoms with E-state index in [1.54, 1.807) is 6.92 Å². The molecule has 0 spiro atoms. The molecular weight excluding hydrogens is 306 g/mol. The highest BCUT2D eigenvalue weighted by Gasteiger charge is 2.21. The molecule has 1 N–H and O–H groups in total. The van der Waals surface area contributed by atoms with Gasteiger partial charge in [-0.1, -0.05) is 18.2 Å². The normalized spacial score (nSPS) is 11.0. The molecule has 0 unspecified atom stereocenters. The number of H-pyrrole nitrogens is 1. The van der Waals surface area contributed by atoms with Gasteiger partial charge in [0.05, 0.1) is 11.9 Å². The largest absolute Gasteiger partial charge is 0.300 e. The maximum Gasteiger partial charge on any atom is 0.283 e. The van der Waals surface area contributed by atoms with Crippen LogP contribution >= 0.6 is 0 Å². The first-order chi connectivity index (χ1) is 11.4. The van der Waals surface area contributed by atoms with Crippen LogP contribution in [0.3, 0.4) is 0 Å². The summed E-state index contributed by atoms with van der Waals surface area (Å²) in [6, 6.07) is 9.55. The number of para-hydroxylation sites is 1. The summed E-state index contributed by atoms with van der Waals surface area (Å²) >= 11 is 0. The number of hydrogen-bond acceptors (Lipinski definition) is 4. The van der Waals surface area contributed by atoms with Gasteiger partial charge in [-0.2, -0.15) is 0 Å². The zero-order valence-corrected chi connectivity index (χ0v) is 13.7. The number of fused-ring (bicyclic) bond motifs is 1. The van der Waals surface area contributed by atoms with Crippen molar-refractivity contribution >= 4 is 22.5 Å². The number of aromatic nitrogens is 3. The second kappa shape index (κ2) is 5.88. The maximum absolute atomic E-state index is 12.7. The minimum Gasteiger partial charge on any atom is -0.300 e. The third kappa shape index (κ3) is 2.67. The van der Waals surface area contributed by atoms with Gasteiger partial charge < -0.3 is 0 Å². The lowest BCUT2D eigenvalue weighted by Crippen LogP contribution is -2.22. The van der Waals surface area contributed by atoms with Crippen molar-refractivity contribution in [2.75, 3.05) is 0 Å². The highest BCUT2D eigenvalue weighted by Crippen LogP contribution is 2.18. The predicted octanol–water partition coefficient (Wildman–Crippen LogP) is 2.49. The van der Waals surface area contributed by atoms with Crippen molar-refractivity contribution in [3.8, 4) is 5.82 Å². The first-order valence-electron chi connectivity index (χ1n) is 7.59. The van der Waals surface area contributed by atoms with E-state index in [2.05, 4.69) is 10.1 Å². The summed E-state index contributed by atoms with van der Waals surface area (Å²) < 4.78 is 1.27. The van der Waals surface area contributed by atoms with Gasteiger partial charge in [0.1, 0.15) is 11.3 Å². The number of carbonyl (C=O) groups is 2. The van der Waals surface area contributed by atoms with E-state index in [-0.39, 0.29) is 17.8 Å². The van der Waals surface area contributed by atoms with Gasteiger partial charge in [0.15, 0.2) is 11.6 Å². The molecule has 0 amide bonds. The van der Waals surface area contributed by atoms with Gasteiger partial charge in [0.2, 0.25) is 0 Å². The van der Waals surface area contributed by atoms with Gasteiger partial charge >= 0.3 is 0 Å². The molecule has 0 aliphatic heterocycles. The Morgan fingerprint density at radius 2 is 1.92 bits per heavy atom. The van der Waals surface area contributed by atoms with Crippen LogP contribution in [0.25, 0.3) is 16.7 Å². The predicted molar refractivity (Wildman–Crippen MR) is 90.8 cm³/mol. The number of nitrogens with zero attached hydrogens (tertiary/aromatic N) is 2. The second-order valence-corrected chi connectivity index (χ2v) is 5.88. The van der Waals surface area contributed by atoms with Crippen molar-refractivity contribution < 1.29 is 9.59 Å². The Bertz CT molecular complexity index is 1030. The van der Waals surface area contributed by atoms with E-state index in [4.69, 9.17) is 0 Å². The minimum atomic E-state index is -0.482. The monoisotopic (exact) mass is 323 g/mol. The van der Waals surface area contributed by atoms with Crippen LogP contribution in [0.1, 0.15) is 35.0 Å². The zero-order chi connectivity index (χ0) is 17.4. The van der Waals surface area contributed by atoms with Crippen LogP contribution in [0.2, 0.25) is 0 Å². The number of hydrogen-bond donors (Lipinski definition) is 1. The summed E-state index contributed by atoms with van der Waals surface area (Å²) in [4.78, 5) is 40.5. The third-order valence-electron chi connectivity index (χ3n) is 3.86. The molecule has 122 valence electrons. The lowest BCUT2D eigenvalue weighted by molar-refractivity contribution is -0.116. The average Bonchev–Trinajstić information content (AvgIpc) is 2.80. The van der Waals surface area contributed by atoms with Crippen LogP contribution in [0.5, 0.6) is 0 Å². The molecule has 2 heterocycles. The second-order valence-electron chi connectivity index (χ2n) is 5.88. The summed E-state index contributed by atoms with van der Waals surface area (Å²) in [6.07, 6.45) is -0.280. The molecule has 6 heteroatoms. The Kier molecular flexibility index (Phi) is 3.89. The molecule has 2 aromatic heterocycles. The van der Waals surface area contributed by atoms with E-state index in [1.165, 1.54) is 11.6 Å². The van der Waals surface area contributed by atoms with Gasteiger partial charge in [-0.3, -0.25) is 19.5 Å². The van der Waals surface area contributed by atoms with Crippen LogP contribution in [0, 0.1) is 13.8 Å². The van der Waals surface area contributed by atoms with Gasteiger partial charge in [0, 0.05) is 11.1 Å². The zero-order valence-electron chi connectivity index (χ0n) is 13.7. The number of pyridine rings is 1. The summed E-state index contributed by atoms with van der Waals surface area (Å²) in [5.74, 6) is -0.298. The SMILES string of the molecule is CC(=O)CC(=O)c1c(C)[nH]n(-c2nc3ccccc3cc2C)c1=O. The number of Topliss-reactive ketones (excluding diaryl/α,β-unsaturated/α-hetero) is 2. The number of aromatic amines is 1. The smallest absolute Gasteiger partial charge is 0.283 e. The van der Waals surface area contributed by atoms with Gasteiger partial charge in [-0.15, -0.1) is 0 Å². The van der Waals surface area contributed by atoms with E-state index < -0.39 is 11.3 Å². The first kappa shape index (κ1) is 15.9. The Hall–Kier alpha value is -3.02. The van der Waals surface area contributed by atoms with E-state index >= 15 is 0 Å². The Morgan fingerprint density at radius 3 is 2.62 bits per heavy atom. The Balaban J connectivity index is 2.18. The minimum absolute atomic E-state index is 0.0135. The molecule has 0 radical (unpaired) electrons. The van der Waals surface area contributed by atoms with Crippen LogP contribution in [-0.2, 0) is 4.79 Å². The van der Waals surface area contributed by atoms with Crippen molar-refractivity contribution in [3.05, 3.63) is 57.5 Å². The molecule has 0 aliphatic carbocycles. The van der Waals surface area contributed by atoms with Crippen LogP contribution in [0.4, 0.5) is 0 Å². The molecule has 3 aromatic rings. The summed E-state index contributed by atoms with van der Waals surface area (Å²) in [5.41, 5.74) is 1.53. The molecule has 0 saturated heterocycles. The fourth-order valence-corrected chi connectivity index (χ4v) is 2.78. The molecule has 0 aliphatic rings. The van der Waals surface area contributed by atoms with E-state index in [0.29, 0.717) is 11.5 Å². The van der Waals surface area contributed by atoms with Crippen LogP contribution < -0.4 is 5.56 Å². The van der Waals surface area contributed by atoms with Gasteiger partial charge in [-0.25, -0.2) is 9.67 Å². The van der Waals surface area contributed by atoms with E-state index in [1.807, 2.05) is 37.3 Å². The first-order valence-corrected chi connectivity index (χ1v) is 7.59. The fraction of sp³-hybridized carbons (Fsp3) is 0.222. The van der Waals surface area contributed by atoms with Crippen molar-refractivity contribution in [2.24, 2.45) is 0 Å². The van der Waals surface area contributed by atoms with Gasteiger partial charge in [0.25, 0.3) is 5.56 Å². The van der Waals surface area contributed by atoms with Crippen molar-refractivity contribution in [2.45, 2.75) is 27.2 Å². The highest BCUT2D eigenvalue weighted by molar-refractivity contribution is 6.07. The van der Waals surface area contributed by atoms with E-state index in [0.717, 1.165) is 16.5 Å². The molecule has 1 aromatic carbocycles. The van der Waals surface area contributed by atoms with Crippen molar-refractivity contribution in [1.29, 1.82) is 0 Å². The average molecular weight is 323 g/mol. The van der Waals surface area contributed by atoms with Gasteiger partial charge in [-0.05, 0) is 38.5 Å². The molecule has 0 bridgehead atoms. The van der Waals surface area contributed by atoms with E-state index in [9.17, 15) is 14.4 Å². The quantitative estimate of drug-likeness (QED) is 0.590. The standard InChI is InChI=1S/C18H17N3O3/c1-10-8-13-6-4-5-7-14(13)19-17(10)21-18(24)16(12(3)20-21)15(23)9-11(2)22/h4-8,20H,9H2,1-3H3. The van der Waals surface area contributed by atoms with Crippen LogP contribution in [0.15, 0.2) is 35.1 Å². The number of carbonyl (C=O) groups excluding carboxylic acids is 2. The topological polar surface area (TPSA) is 84.8 Å². The third-order valence-corrected chi connectivity index (χ3v) is 3.86. The summed E-state index contributed by atoms with van der Waals surface area (Å²) in [5, 5.41) is 3.87. The maximum atomic E-state index is 12.7. The molecule has 0 atom stereocenters. The Morgan fingerprint density at radius 1 is 1.21 bits per heavy atom. The van der Waals surface area contributed by atoms with Crippen LogP contribution in [-0.4, -0.2) is 26.3 Å². The molecule has 24 heavy (non-hydrogen) atoms. The number of aryl methyl sites for hydroxylation is 2. The molecule has 6 nitrogen and oxygen atoms in total. The van der Waals surface area contributed by atoms with Crippen molar-refractivity contribution in [1.82, 2.24) is 14.8 Å². The fourth-order valence-electron chi connectivity index (χ4n) is 2.78. The number of nitrogens with one attached hydrogen (secondary N) is 1.